The van der Waals surface area contributed by atoms with Crippen LogP contribution in [0.1, 0.15) is 0 Å². The zero-order chi connectivity index (χ0) is 18.8. The first-order valence-corrected chi connectivity index (χ1v) is 9.35. The Labute approximate surface area is 161 Å². The Morgan fingerprint density at radius 2 is 0.714 bits per heavy atom. The maximum Gasteiger partial charge on any atom is 0.0709 e. The maximum absolute atomic E-state index is 4.86. The van der Waals surface area contributed by atoms with Gasteiger partial charge in [0.2, 0.25) is 0 Å². The average Bonchev–Trinajstić information content (AvgIpc) is 2.76. The van der Waals surface area contributed by atoms with Gasteiger partial charge in [-0.15, -0.1) is 0 Å². The molecule has 0 N–H and O–H groups in total. The van der Waals surface area contributed by atoms with E-state index < -0.39 is 0 Å². The van der Waals surface area contributed by atoms with Gasteiger partial charge in [-0.05, 0) is 22.6 Å². The molecule has 0 atom stereocenters. The van der Waals surface area contributed by atoms with E-state index in [-0.39, 0.29) is 0 Å². The fourth-order valence-corrected chi connectivity index (χ4v) is 3.62. The molecule has 4 aromatic rings. The highest BCUT2D eigenvalue weighted by Crippen LogP contribution is 1.93. The standard InChI is InChI=1S/C26H18N2/c1-3-11-21-19(9-1)17-27-25-15-7-5-13-23(25)24-14-6-8-16-26(24)28-18-20-10-2-4-12-22(20)21/h1-18H/b19-17+,20-18+,22-21-,24-23-,27-17?,27-25-,28-18?,28-26-. The van der Waals surface area contributed by atoms with Crippen molar-refractivity contribution in [2.75, 3.05) is 0 Å². The normalized spacial score (nSPS) is 19.4. The number of hydrogen-bond donors (Lipinski definition) is 0. The van der Waals surface area contributed by atoms with Crippen LogP contribution in [0.15, 0.2) is 107 Å². The monoisotopic (exact) mass is 358 g/mol. The van der Waals surface area contributed by atoms with E-state index in [1.54, 1.807) is 0 Å². The van der Waals surface area contributed by atoms with Crippen LogP contribution in [0.2, 0.25) is 0 Å². The molecule has 2 heteroatoms. The van der Waals surface area contributed by atoms with Crippen LogP contribution in [-0.4, -0.2) is 0 Å². The molecule has 0 radical (unpaired) electrons. The Kier molecular flexibility index (Phi) is 4.15. The SMILES string of the molecule is C1=c2\cccc\c2=c2/cccc/c2=C\N=c2\cccc\c2=c2/cccc/c2=N/1. The van der Waals surface area contributed by atoms with Crippen molar-refractivity contribution in [3.8, 4) is 0 Å². The largest absolute Gasteiger partial charge is 0.256 e. The van der Waals surface area contributed by atoms with Crippen molar-refractivity contribution in [3.05, 3.63) is 139 Å². The van der Waals surface area contributed by atoms with Crippen LogP contribution in [-0.2, 0) is 0 Å². The van der Waals surface area contributed by atoms with Gasteiger partial charge in [0.05, 0.1) is 10.7 Å². The van der Waals surface area contributed by atoms with Crippen molar-refractivity contribution < 1.29 is 0 Å². The molecular weight excluding hydrogens is 340 g/mol. The van der Waals surface area contributed by atoms with Crippen LogP contribution in [0.3, 0.4) is 0 Å². The smallest absolute Gasteiger partial charge is 0.0709 e. The molecule has 0 spiro atoms. The Balaban J connectivity index is 2.16. The minimum Gasteiger partial charge on any atom is -0.256 e. The first kappa shape index (κ1) is 16.4. The highest BCUT2D eigenvalue weighted by Gasteiger charge is 1.94. The summed E-state index contributed by atoms with van der Waals surface area (Å²) in [4.78, 5) is 9.71. The van der Waals surface area contributed by atoms with Gasteiger partial charge in [0.15, 0.2) is 0 Å². The molecular formula is C26H18N2. The van der Waals surface area contributed by atoms with Crippen molar-refractivity contribution in [1.29, 1.82) is 0 Å². The van der Waals surface area contributed by atoms with Gasteiger partial charge in [-0.2, -0.15) is 0 Å². The van der Waals surface area contributed by atoms with Crippen molar-refractivity contribution in [2.45, 2.75) is 0 Å². The number of fused-ring (bicyclic) bond motifs is 4. The van der Waals surface area contributed by atoms with Gasteiger partial charge in [0.1, 0.15) is 0 Å². The van der Waals surface area contributed by atoms with Crippen LogP contribution in [0.25, 0.3) is 12.4 Å². The molecule has 1 aliphatic rings. The predicted octanol–water partition coefficient (Wildman–Crippen LogP) is 2.69. The highest BCUT2D eigenvalue weighted by atomic mass is 14.7. The molecule has 4 aromatic carbocycles. The minimum absolute atomic E-state index is 0.939. The molecule has 28 heavy (non-hydrogen) atoms. The molecule has 132 valence electrons. The van der Waals surface area contributed by atoms with Gasteiger partial charge in [-0.3, -0.25) is 9.98 Å². The molecule has 1 aliphatic heterocycles. The molecule has 0 saturated carbocycles. The Morgan fingerprint density at radius 3 is 1.18 bits per heavy atom. The molecule has 2 nitrogen and oxygen atoms in total. The zero-order valence-electron chi connectivity index (χ0n) is 15.3. The topological polar surface area (TPSA) is 24.7 Å². The van der Waals surface area contributed by atoms with Crippen molar-refractivity contribution in [1.82, 2.24) is 0 Å². The molecule has 0 amide bonds. The van der Waals surface area contributed by atoms with E-state index in [4.69, 9.17) is 9.98 Å². The molecule has 1 heterocycles. The highest BCUT2D eigenvalue weighted by molar-refractivity contribution is 5.32. The number of benzene rings is 4. The summed E-state index contributed by atoms with van der Waals surface area (Å²) in [6.45, 7) is 0. The van der Waals surface area contributed by atoms with Crippen molar-refractivity contribution in [2.24, 2.45) is 9.98 Å². The van der Waals surface area contributed by atoms with E-state index in [9.17, 15) is 0 Å². The summed E-state index contributed by atoms with van der Waals surface area (Å²) in [7, 11) is 0. The fourth-order valence-electron chi connectivity index (χ4n) is 3.62. The number of para-hydroxylation sites is 2. The summed E-state index contributed by atoms with van der Waals surface area (Å²) in [5.41, 5.74) is 0. The summed E-state index contributed by atoms with van der Waals surface area (Å²) in [6.07, 6.45) is 3.93. The van der Waals surface area contributed by atoms with E-state index in [1.807, 2.05) is 36.7 Å². The molecule has 5 rings (SSSR count). The van der Waals surface area contributed by atoms with E-state index in [1.165, 1.54) is 0 Å². The van der Waals surface area contributed by atoms with Crippen LogP contribution in [0.5, 0.6) is 0 Å². The van der Waals surface area contributed by atoms with E-state index >= 15 is 0 Å². The molecule has 0 bridgehead atoms. The summed E-state index contributed by atoms with van der Waals surface area (Å²) < 4.78 is 0. The first-order chi connectivity index (χ1) is 13.9. The lowest BCUT2D eigenvalue weighted by Crippen LogP contribution is -2.13. The quantitative estimate of drug-likeness (QED) is 0.462. The second-order valence-electron chi connectivity index (χ2n) is 6.73. The lowest BCUT2D eigenvalue weighted by molar-refractivity contribution is 1.26. The third-order valence-electron chi connectivity index (χ3n) is 5.00. The Bertz CT molecular complexity index is 1370. The van der Waals surface area contributed by atoms with Crippen LogP contribution in [0.4, 0.5) is 0 Å². The van der Waals surface area contributed by atoms with Crippen LogP contribution in [0, 0.1) is 20.9 Å². The van der Waals surface area contributed by atoms with Gasteiger partial charge >= 0.3 is 0 Å². The van der Waals surface area contributed by atoms with Crippen LogP contribution >= 0.6 is 0 Å². The fraction of sp³-hybridized carbons (Fsp3) is 0. The Hall–Kier alpha value is -3.78. The maximum atomic E-state index is 4.86. The zero-order valence-corrected chi connectivity index (χ0v) is 15.3. The van der Waals surface area contributed by atoms with Gasteiger partial charge in [-0.25, -0.2) is 0 Å². The van der Waals surface area contributed by atoms with E-state index in [0.29, 0.717) is 0 Å². The van der Waals surface area contributed by atoms with E-state index in [2.05, 4.69) is 72.8 Å². The lowest BCUT2D eigenvalue weighted by Gasteiger charge is -1.96. The second kappa shape index (κ2) is 7.09. The molecule has 0 aromatic heterocycles. The third-order valence-corrected chi connectivity index (χ3v) is 5.00. The lowest BCUT2D eigenvalue weighted by atomic mass is 10.1. The van der Waals surface area contributed by atoms with Gasteiger partial charge in [0.25, 0.3) is 0 Å². The summed E-state index contributed by atoms with van der Waals surface area (Å²) >= 11 is 0. The molecule has 0 unspecified atom stereocenters. The van der Waals surface area contributed by atoms with Crippen molar-refractivity contribution >= 4 is 12.4 Å². The van der Waals surface area contributed by atoms with Gasteiger partial charge in [-0.1, -0.05) is 84.9 Å². The molecule has 0 saturated heterocycles. The molecule has 0 aliphatic carbocycles. The summed E-state index contributed by atoms with van der Waals surface area (Å²) in [5, 5.41) is 8.52. The Morgan fingerprint density at radius 1 is 0.357 bits per heavy atom. The third kappa shape index (κ3) is 2.95. The first-order valence-electron chi connectivity index (χ1n) is 9.35. The van der Waals surface area contributed by atoms with Crippen molar-refractivity contribution in [3.63, 3.8) is 0 Å². The molecule has 0 fully saturated rings. The second-order valence-corrected chi connectivity index (χ2v) is 6.73. The number of hydrogen-bond acceptors (Lipinski definition) is 2. The van der Waals surface area contributed by atoms with Gasteiger partial charge < -0.3 is 0 Å². The predicted molar refractivity (Wildman–Crippen MR) is 112 cm³/mol. The average molecular weight is 358 g/mol. The van der Waals surface area contributed by atoms with Crippen LogP contribution < -0.4 is 21.2 Å². The summed E-state index contributed by atoms with van der Waals surface area (Å²) in [6, 6.07) is 33.2. The number of rotatable bonds is 0. The minimum atomic E-state index is 0.939. The summed E-state index contributed by atoms with van der Waals surface area (Å²) in [5.74, 6) is 0. The number of nitrogens with zero attached hydrogens (tertiary/aromatic N) is 2. The van der Waals surface area contributed by atoms with E-state index in [0.717, 1.165) is 42.0 Å². The van der Waals surface area contributed by atoms with Gasteiger partial charge in [0, 0.05) is 33.3 Å².